The Hall–Kier alpha value is -0.770. The molecule has 1 aliphatic heterocycles. The van der Waals surface area contributed by atoms with Crippen molar-refractivity contribution >= 4 is 6.03 Å². The summed E-state index contributed by atoms with van der Waals surface area (Å²) in [5.41, 5.74) is 0. The van der Waals surface area contributed by atoms with Gasteiger partial charge in [-0.15, -0.1) is 0 Å². The van der Waals surface area contributed by atoms with Crippen LogP contribution in [-0.4, -0.2) is 54.6 Å². The topological polar surface area (TPSA) is 35.6 Å². The maximum atomic E-state index is 12.2. The predicted octanol–water partition coefficient (Wildman–Crippen LogP) is 2.79. The third kappa shape index (κ3) is 6.60. The van der Waals surface area contributed by atoms with Crippen molar-refractivity contribution in [2.24, 2.45) is 11.8 Å². The highest BCUT2D eigenvalue weighted by molar-refractivity contribution is 5.74. The van der Waals surface area contributed by atoms with Crippen molar-refractivity contribution in [1.82, 2.24) is 15.1 Å². The fourth-order valence-corrected chi connectivity index (χ4v) is 2.61. The summed E-state index contributed by atoms with van der Waals surface area (Å²) >= 11 is 0. The molecule has 1 atom stereocenters. The van der Waals surface area contributed by atoms with Gasteiger partial charge in [-0.1, -0.05) is 27.7 Å². The van der Waals surface area contributed by atoms with E-state index in [0.29, 0.717) is 11.8 Å². The number of amides is 2. The first-order chi connectivity index (χ1) is 9.38. The summed E-state index contributed by atoms with van der Waals surface area (Å²) in [4.78, 5) is 16.6. The van der Waals surface area contributed by atoms with Gasteiger partial charge in [0, 0.05) is 38.8 Å². The van der Waals surface area contributed by atoms with Crippen LogP contribution in [-0.2, 0) is 0 Å². The van der Waals surface area contributed by atoms with Crippen LogP contribution < -0.4 is 5.32 Å². The molecule has 1 aliphatic rings. The van der Waals surface area contributed by atoms with Crippen LogP contribution in [0, 0.1) is 11.8 Å². The molecule has 1 rings (SSSR count). The van der Waals surface area contributed by atoms with E-state index in [0.717, 1.165) is 39.1 Å². The van der Waals surface area contributed by atoms with Gasteiger partial charge in [0.05, 0.1) is 0 Å². The van der Waals surface area contributed by atoms with Crippen molar-refractivity contribution in [3.63, 3.8) is 0 Å². The Balaban J connectivity index is 2.25. The molecule has 4 nitrogen and oxygen atoms in total. The molecule has 1 saturated heterocycles. The van der Waals surface area contributed by atoms with Gasteiger partial charge in [-0.3, -0.25) is 4.90 Å². The van der Waals surface area contributed by atoms with Crippen LogP contribution in [0.15, 0.2) is 0 Å². The highest BCUT2D eigenvalue weighted by Crippen LogP contribution is 2.08. The second kappa shape index (κ2) is 8.50. The second-order valence-corrected chi connectivity index (χ2v) is 7.00. The Morgan fingerprint density at radius 2 is 1.55 bits per heavy atom. The Kier molecular flexibility index (Phi) is 7.35. The Morgan fingerprint density at radius 1 is 0.950 bits per heavy atom. The first kappa shape index (κ1) is 17.3. The van der Waals surface area contributed by atoms with Crippen LogP contribution in [0.4, 0.5) is 4.79 Å². The number of nitrogens with one attached hydrogen (secondary N) is 1. The summed E-state index contributed by atoms with van der Waals surface area (Å²) in [6.45, 7) is 15.9. The summed E-state index contributed by atoms with van der Waals surface area (Å²) in [7, 11) is 0. The van der Waals surface area contributed by atoms with E-state index in [9.17, 15) is 4.79 Å². The highest BCUT2D eigenvalue weighted by atomic mass is 16.2. The predicted molar refractivity (Wildman–Crippen MR) is 84.9 cm³/mol. The van der Waals surface area contributed by atoms with Gasteiger partial charge in [-0.05, 0) is 31.6 Å². The summed E-state index contributed by atoms with van der Waals surface area (Å²) in [5.74, 6) is 1.40. The summed E-state index contributed by atoms with van der Waals surface area (Å²) < 4.78 is 0. The first-order valence-corrected chi connectivity index (χ1v) is 8.16. The molecular weight excluding hydrogens is 250 g/mol. The van der Waals surface area contributed by atoms with E-state index in [1.54, 1.807) is 0 Å². The number of hydrogen-bond acceptors (Lipinski definition) is 2. The molecule has 0 aromatic carbocycles. The Morgan fingerprint density at radius 3 is 2.05 bits per heavy atom. The normalized spacial score (nSPS) is 18.6. The van der Waals surface area contributed by atoms with Crippen molar-refractivity contribution < 1.29 is 4.79 Å². The van der Waals surface area contributed by atoms with Crippen molar-refractivity contribution in [3.05, 3.63) is 0 Å². The quantitative estimate of drug-likeness (QED) is 0.813. The number of rotatable bonds is 6. The minimum absolute atomic E-state index is 0.116. The van der Waals surface area contributed by atoms with Gasteiger partial charge in [-0.25, -0.2) is 4.79 Å². The number of nitrogens with zero attached hydrogens (tertiary/aromatic N) is 2. The molecule has 0 bridgehead atoms. The molecule has 1 N–H and O–H groups in total. The third-order valence-electron chi connectivity index (χ3n) is 3.83. The van der Waals surface area contributed by atoms with Crippen LogP contribution in [0.5, 0.6) is 0 Å². The van der Waals surface area contributed by atoms with Gasteiger partial charge >= 0.3 is 6.03 Å². The molecule has 1 fully saturated rings. The maximum absolute atomic E-state index is 12.2. The zero-order valence-electron chi connectivity index (χ0n) is 14.0. The van der Waals surface area contributed by atoms with Crippen molar-refractivity contribution in [1.29, 1.82) is 0 Å². The number of carbonyl (C=O) groups is 1. The second-order valence-electron chi connectivity index (χ2n) is 7.00. The lowest BCUT2D eigenvalue weighted by molar-refractivity contribution is 0.129. The average Bonchev–Trinajstić information content (AvgIpc) is 2.36. The fraction of sp³-hybridized carbons (Fsp3) is 0.938. The van der Waals surface area contributed by atoms with Crippen LogP contribution >= 0.6 is 0 Å². The van der Waals surface area contributed by atoms with Crippen molar-refractivity contribution in [2.45, 2.75) is 53.5 Å². The molecule has 1 heterocycles. The molecule has 0 aromatic rings. The molecule has 1 unspecified atom stereocenters. The molecule has 20 heavy (non-hydrogen) atoms. The lowest BCUT2D eigenvalue weighted by atomic mass is 10.0. The molecule has 0 aromatic heterocycles. The van der Waals surface area contributed by atoms with E-state index in [-0.39, 0.29) is 12.1 Å². The molecule has 0 aliphatic carbocycles. The summed E-state index contributed by atoms with van der Waals surface area (Å²) in [6.07, 6.45) is 2.24. The largest absolute Gasteiger partial charge is 0.336 e. The highest BCUT2D eigenvalue weighted by Gasteiger charge is 2.22. The number of urea groups is 1. The van der Waals surface area contributed by atoms with E-state index in [1.807, 2.05) is 4.90 Å². The Labute approximate surface area is 124 Å². The minimum atomic E-state index is 0.116. The Bertz CT molecular complexity index is 283. The van der Waals surface area contributed by atoms with Gasteiger partial charge in [0.2, 0.25) is 0 Å². The van der Waals surface area contributed by atoms with Gasteiger partial charge in [0.1, 0.15) is 0 Å². The SMILES string of the molecule is CC(C)CCC(C)NC(=O)N1CCN(CC(C)C)CC1. The number of carbonyl (C=O) groups excluding carboxylic acids is 1. The summed E-state index contributed by atoms with van der Waals surface area (Å²) in [6, 6.07) is 0.393. The lowest BCUT2D eigenvalue weighted by Gasteiger charge is -2.36. The molecule has 0 spiro atoms. The minimum Gasteiger partial charge on any atom is -0.336 e. The summed E-state index contributed by atoms with van der Waals surface area (Å²) in [5, 5.41) is 3.13. The molecular formula is C16H33N3O. The first-order valence-electron chi connectivity index (χ1n) is 8.16. The lowest BCUT2D eigenvalue weighted by Crippen LogP contribution is -2.53. The smallest absolute Gasteiger partial charge is 0.317 e. The van der Waals surface area contributed by atoms with Gasteiger partial charge < -0.3 is 10.2 Å². The van der Waals surface area contributed by atoms with E-state index in [2.05, 4.69) is 44.8 Å². The number of piperazine rings is 1. The van der Waals surface area contributed by atoms with Crippen LogP contribution in [0.3, 0.4) is 0 Å². The van der Waals surface area contributed by atoms with Crippen LogP contribution in [0.25, 0.3) is 0 Å². The van der Waals surface area contributed by atoms with Gasteiger partial charge in [-0.2, -0.15) is 0 Å². The van der Waals surface area contributed by atoms with Gasteiger partial charge in [0.15, 0.2) is 0 Å². The van der Waals surface area contributed by atoms with E-state index >= 15 is 0 Å². The molecule has 4 heteroatoms. The molecule has 2 amide bonds. The van der Waals surface area contributed by atoms with Crippen LogP contribution in [0.1, 0.15) is 47.5 Å². The van der Waals surface area contributed by atoms with Crippen molar-refractivity contribution in [3.8, 4) is 0 Å². The molecule has 118 valence electrons. The fourth-order valence-electron chi connectivity index (χ4n) is 2.61. The van der Waals surface area contributed by atoms with Crippen LogP contribution in [0.2, 0.25) is 0 Å². The van der Waals surface area contributed by atoms with Crippen molar-refractivity contribution in [2.75, 3.05) is 32.7 Å². The molecule has 0 saturated carbocycles. The average molecular weight is 283 g/mol. The van der Waals surface area contributed by atoms with E-state index in [1.165, 1.54) is 6.42 Å². The zero-order valence-corrected chi connectivity index (χ0v) is 14.0. The van der Waals surface area contributed by atoms with E-state index < -0.39 is 0 Å². The number of hydrogen-bond donors (Lipinski definition) is 1. The standard InChI is InChI=1S/C16H33N3O/c1-13(2)6-7-15(5)17-16(20)19-10-8-18(9-11-19)12-14(3)4/h13-15H,6-12H2,1-5H3,(H,17,20). The van der Waals surface area contributed by atoms with Gasteiger partial charge in [0.25, 0.3) is 0 Å². The monoisotopic (exact) mass is 283 g/mol. The third-order valence-corrected chi connectivity index (χ3v) is 3.83. The molecule has 0 radical (unpaired) electrons. The van der Waals surface area contributed by atoms with E-state index in [4.69, 9.17) is 0 Å². The maximum Gasteiger partial charge on any atom is 0.317 e. The zero-order chi connectivity index (χ0) is 15.1.